The number of hydrogen-bond acceptors (Lipinski definition) is 4. The largest absolute Gasteiger partial charge is 0.253 e. The number of hydrogen-bond donors (Lipinski definition) is 1. The number of hydrazone groups is 1. The summed E-state index contributed by atoms with van der Waals surface area (Å²) < 4.78 is 0.611. The van der Waals surface area contributed by atoms with Crippen LogP contribution in [-0.2, 0) is 0 Å². The molecule has 0 aliphatic heterocycles. The first kappa shape index (κ1) is 16.0. The number of aromatic nitrogens is 1. The molecule has 1 aromatic heterocycles. The van der Waals surface area contributed by atoms with Crippen LogP contribution in [0.1, 0.15) is 11.1 Å². The van der Waals surface area contributed by atoms with E-state index in [0.29, 0.717) is 14.5 Å². The van der Waals surface area contributed by atoms with Gasteiger partial charge in [-0.1, -0.05) is 76.5 Å². The van der Waals surface area contributed by atoms with Crippen molar-refractivity contribution in [1.29, 1.82) is 0 Å². The van der Waals surface area contributed by atoms with E-state index < -0.39 is 0 Å². The number of rotatable bonds is 4. The molecule has 1 N–H and O–H groups in total. The van der Waals surface area contributed by atoms with Crippen LogP contribution in [0.15, 0.2) is 53.6 Å². The van der Waals surface area contributed by atoms with Gasteiger partial charge in [0, 0.05) is 10.6 Å². The molecule has 116 valence electrons. The van der Waals surface area contributed by atoms with Crippen molar-refractivity contribution in [1.82, 2.24) is 4.98 Å². The summed E-state index contributed by atoms with van der Waals surface area (Å²) in [5.41, 5.74) is 6.80. The van der Waals surface area contributed by atoms with Crippen molar-refractivity contribution in [2.24, 2.45) is 5.10 Å². The van der Waals surface area contributed by atoms with Crippen molar-refractivity contribution >= 4 is 45.9 Å². The lowest BCUT2D eigenvalue weighted by Gasteiger charge is -1.97. The minimum absolute atomic E-state index is 0.611. The van der Waals surface area contributed by atoms with Gasteiger partial charge in [0.05, 0.1) is 6.21 Å². The van der Waals surface area contributed by atoms with Gasteiger partial charge in [0.2, 0.25) is 5.13 Å². The maximum Gasteiger partial charge on any atom is 0.205 e. The zero-order valence-corrected chi connectivity index (χ0v) is 14.6. The zero-order chi connectivity index (χ0) is 16.2. The van der Waals surface area contributed by atoms with Crippen LogP contribution in [0.2, 0.25) is 9.36 Å². The Labute approximate surface area is 148 Å². The van der Waals surface area contributed by atoms with Crippen LogP contribution in [0.25, 0.3) is 11.3 Å². The molecule has 0 radical (unpaired) electrons. The third kappa shape index (κ3) is 4.10. The average Bonchev–Trinajstić information content (AvgIpc) is 2.91. The van der Waals surface area contributed by atoms with Gasteiger partial charge in [0.25, 0.3) is 0 Å². The molecule has 23 heavy (non-hydrogen) atoms. The normalized spacial score (nSPS) is 11.1. The van der Waals surface area contributed by atoms with Crippen LogP contribution in [-0.4, -0.2) is 11.2 Å². The van der Waals surface area contributed by atoms with E-state index >= 15 is 0 Å². The highest BCUT2D eigenvalue weighted by Gasteiger charge is 2.11. The third-order valence-electron chi connectivity index (χ3n) is 3.15. The molecule has 0 atom stereocenters. The average molecular weight is 362 g/mol. The fourth-order valence-electron chi connectivity index (χ4n) is 1.95. The minimum Gasteiger partial charge on any atom is -0.253 e. The molecule has 3 aromatic rings. The van der Waals surface area contributed by atoms with E-state index in [0.717, 1.165) is 16.8 Å². The molecule has 0 spiro atoms. The van der Waals surface area contributed by atoms with Crippen molar-refractivity contribution < 1.29 is 0 Å². The number of nitrogens with one attached hydrogen (secondary N) is 1. The summed E-state index contributed by atoms with van der Waals surface area (Å²) in [4.78, 5) is 4.47. The first-order valence-electron chi connectivity index (χ1n) is 6.90. The van der Waals surface area contributed by atoms with Crippen molar-refractivity contribution in [3.05, 3.63) is 69.0 Å². The summed E-state index contributed by atoms with van der Waals surface area (Å²) >= 11 is 13.5. The predicted octanol–water partition coefficient (Wildman–Crippen LogP) is 5.87. The Bertz CT molecular complexity index is 824. The summed E-state index contributed by atoms with van der Waals surface area (Å²) in [6, 6.07) is 15.5. The molecular weight excluding hydrogens is 349 g/mol. The van der Waals surface area contributed by atoms with Crippen molar-refractivity contribution in [2.75, 3.05) is 5.43 Å². The van der Waals surface area contributed by atoms with E-state index in [-0.39, 0.29) is 0 Å². The van der Waals surface area contributed by atoms with Crippen LogP contribution in [0.4, 0.5) is 5.13 Å². The molecule has 0 saturated heterocycles. The van der Waals surface area contributed by atoms with E-state index in [1.807, 2.05) is 48.5 Å². The molecule has 3 rings (SSSR count). The van der Waals surface area contributed by atoms with Crippen LogP contribution in [0.5, 0.6) is 0 Å². The van der Waals surface area contributed by atoms with E-state index in [1.165, 1.54) is 16.9 Å². The third-order valence-corrected chi connectivity index (χ3v) is 4.57. The quantitative estimate of drug-likeness (QED) is 0.465. The SMILES string of the molecule is Cc1ccc(/C=N/Nc2nc(-c3ccc(Cl)cc3)c(Cl)s2)cc1. The van der Waals surface area contributed by atoms with Gasteiger partial charge < -0.3 is 0 Å². The second-order valence-corrected chi connectivity index (χ2v) is 6.97. The summed E-state index contributed by atoms with van der Waals surface area (Å²) in [5, 5.41) is 5.52. The summed E-state index contributed by atoms with van der Waals surface area (Å²) in [5.74, 6) is 0. The van der Waals surface area contributed by atoms with Gasteiger partial charge in [-0.25, -0.2) is 4.98 Å². The number of thiazole rings is 1. The van der Waals surface area contributed by atoms with Crippen molar-refractivity contribution in [3.63, 3.8) is 0 Å². The predicted molar refractivity (Wildman–Crippen MR) is 100.0 cm³/mol. The van der Waals surface area contributed by atoms with Crippen LogP contribution < -0.4 is 5.43 Å². The number of nitrogens with zero attached hydrogens (tertiary/aromatic N) is 2. The lowest BCUT2D eigenvalue weighted by atomic mass is 10.2. The number of benzene rings is 2. The van der Waals surface area contributed by atoms with Crippen molar-refractivity contribution in [2.45, 2.75) is 6.92 Å². The van der Waals surface area contributed by atoms with Gasteiger partial charge in [-0.2, -0.15) is 5.10 Å². The highest BCUT2D eigenvalue weighted by atomic mass is 35.5. The van der Waals surface area contributed by atoms with Crippen LogP contribution >= 0.6 is 34.5 Å². The fourth-order valence-corrected chi connectivity index (χ4v) is 3.11. The number of aryl methyl sites for hydroxylation is 1. The molecule has 0 saturated carbocycles. The first-order valence-corrected chi connectivity index (χ1v) is 8.47. The maximum absolute atomic E-state index is 6.26. The van der Waals surface area contributed by atoms with Gasteiger partial charge in [0.1, 0.15) is 10.0 Å². The topological polar surface area (TPSA) is 37.3 Å². The summed E-state index contributed by atoms with van der Waals surface area (Å²) in [6.07, 6.45) is 1.75. The van der Waals surface area contributed by atoms with E-state index in [2.05, 4.69) is 22.4 Å². The highest BCUT2D eigenvalue weighted by Crippen LogP contribution is 2.35. The first-order chi connectivity index (χ1) is 11.1. The van der Waals surface area contributed by atoms with Crippen LogP contribution in [0, 0.1) is 6.92 Å². The standard InChI is InChI=1S/C17H13Cl2N3S/c1-11-2-4-12(5-3-11)10-20-22-17-21-15(16(19)23-17)13-6-8-14(18)9-7-13/h2-10H,1H3,(H,21,22)/b20-10+. The highest BCUT2D eigenvalue weighted by molar-refractivity contribution is 7.20. The van der Waals surface area contributed by atoms with Gasteiger partial charge in [-0.05, 0) is 24.6 Å². The monoisotopic (exact) mass is 361 g/mol. The Morgan fingerprint density at radius 1 is 1.04 bits per heavy atom. The Balaban J connectivity index is 1.73. The second-order valence-electron chi connectivity index (χ2n) is 4.93. The molecule has 2 aromatic carbocycles. The molecule has 1 heterocycles. The molecule has 0 fully saturated rings. The van der Waals surface area contributed by atoms with E-state index in [1.54, 1.807) is 6.21 Å². The molecule has 0 amide bonds. The molecule has 6 heteroatoms. The van der Waals surface area contributed by atoms with E-state index in [9.17, 15) is 0 Å². The molecule has 0 aliphatic rings. The van der Waals surface area contributed by atoms with Crippen molar-refractivity contribution in [3.8, 4) is 11.3 Å². The Morgan fingerprint density at radius 2 is 1.74 bits per heavy atom. The van der Waals surface area contributed by atoms with Gasteiger partial charge in [0.15, 0.2) is 0 Å². The molecule has 0 unspecified atom stereocenters. The lowest BCUT2D eigenvalue weighted by Crippen LogP contribution is -1.90. The van der Waals surface area contributed by atoms with E-state index in [4.69, 9.17) is 23.2 Å². The lowest BCUT2D eigenvalue weighted by molar-refractivity contribution is 1.29. The Morgan fingerprint density at radius 3 is 2.43 bits per heavy atom. The second kappa shape index (κ2) is 7.13. The molecule has 0 bridgehead atoms. The summed E-state index contributed by atoms with van der Waals surface area (Å²) in [7, 11) is 0. The van der Waals surface area contributed by atoms with Gasteiger partial charge in [-0.3, -0.25) is 5.43 Å². The Kier molecular flexibility index (Phi) is 4.96. The van der Waals surface area contributed by atoms with Crippen LogP contribution in [0.3, 0.4) is 0 Å². The molecule has 0 aliphatic carbocycles. The Hall–Kier alpha value is -1.88. The molecule has 3 nitrogen and oxygen atoms in total. The number of halogens is 2. The van der Waals surface area contributed by atoms with Gasteiger partial charge in [-0.15, -0.1) is 0 Å². The smallest absolute Gasteiger partial charge is 0.205 e. The summed E-state index contributed by atoms with van der Waals surface area (Å²) in [6.45, 7) is 2.05. The number of anilines is 1. The van der Waals surface area contributed by atoms with Gasteiger partial charge >= 0.3 is 0 Å². The minimum atomic E-state index is 0.611. The maximum atomic E-state index is 6.26. The zero-order valence-electron chi connectivity index (χ0n) is 12.3. The fraction of sp³-hybridized carbons (Fsp3) is 0.0588. The molecular formula is C17H13Cl2N3S.